The molecule has 184 valence electrons. The highest BCUT2D eigenvalue weighted by molar-refractivity contribution is 5.92. The summed E-state index contributed by atoms with van der Waals surface area (Å²) < 4.78 is 70.6. The first-order valence-electron chi connectivity index (χ1n) is 10.9. The normalized spacial score (nSPS) is 23.7. The van der Waals surface area contributed by atoms with Crippen LogP contribution in [0, 0.1) is 17.6 Å². The van der Waals surface area contributed by atoms with Crippen LogP contribution in [0.1, 0.15) is 31.7 Å². The second-order valence-electron chi connectivity index (χ2n) is 9.16. The van der Waals surface area contributed by atoms with Gasteiger partial charge in [0.25, 0.3) is 0 Å². The number of aromatic nitrogens is 5. The molecule has 35 heavy (non-hydrogen) atoms. The van der Waals surface area contributed by atoms with Crippen LogP contribution in [-0.4, -0.2) is 47.2 Å². The van der Waals surface area contributed by atoms with Crippen molar-refractivity contribution in [3.8, 4) is 11.4 Å². The van der Waals surface area contributed by atoms with E-state index >= 15 is 0 Å². The minimum atomic E-state index is -4.93. The molecule has 3 atom stereocenters. The Balaban J connectivity index is 1.47. The second-order valence-corrected chi connectivity index (χ2v) is 9.16. The van der Waals surface area contributed by atoms with E-state index in [0.29, 0.717) is 31.3 Å². The Hall–Kier alpha value is -3.64. The number of rotatable bonds is 4. The van der Waals surface area contributed by atoms with E-state index in [4.69, 9.17) is 0 Å². The van der Waals surface area contributed by atoms with Crippen molar-refractivity contribution in [3.05, 3.63) is 54.4 Å². The molecule has 2 aromatic heterocycles. The van der Waals surface area contributed by atoms with Gasteiger partial charge in [0, 0.05) is 18.2 Å². The molecule has 1 saturated carbocycles. The van der Waals surface area contributed by atoms with E-state index in [-0.39, 0.29) is 12.1 Å². The Morgan fingerprint density at radius 1 is 1.14 bits per heavy atom. The third-order valence-electron chi connectivity index (χ3n) is 6.57. The van der Waals surface area contributed by atoms with Crippen LogP contribution in [0.4, 0.5) is 32.4 Å². The predicted molar refractivity (Wildman–Crippen MR) is 113 cm³/mol. The molecule has 1 N–H and O–H groups in total. The van der Waals surface area contributed by atoms with Crippen LogP contribution >= 0.6 is 0 Å². The van der Waals surface area contributed by atoms with E-state index in [1.165, 1.54) is 0 Å². The lowest BCUT2D eigenvalue weighted by Gasteiger charge is -2.63. The zero-order valence-corrected chi connectivity index (χ0v) is 18.4. The monoisotopic (exact) mass is 493 g/mol. The van der Waals surface area contributed by atoms with Gasteiger partial charge in [0.15, 0.2) is 11.6 Å². The van der Waals surface area contributed by atoms with Crippen LogP contribution in [0.2, 0.25) is 0 Å². The number of hydrogen-bond donors (Lipinski definition) is 1. The van der Waals surface area contributed by atoms with Gasteiger partial charge >= 0.3 is 12.2 Å². The molecule has 1 aliphatic carbocycles. The predicted octanol–water partition coefficient (Wildman–Crippen LogP) is 4.51. The van der Waals surface area contributed by atoms with E-state index in [1.807, 2.05) is 0 Å². The number of nitrogens with zero attached hydrogens (tertiary/aromatic N) is 6. The zero-order valence-electron chi connectivity index (χ0n) is 18.4. The summed E-state index contributed by atoms with van der Waals surface area (Å²) in [5.41, 5.74) is -2.91. The molecule has 3 aromatic rings. The standard InChI is InChI=1S/C22H20F5N7O/c1-12-2-14-6-21(5-12,9-33-10-30-31-11-33)34(14)20(35)32-18-3-15(19-28-7-13(23)8-29-19)16(4-17(18)24)22(25,26)27/h3-4,7-8,10-12,14H,2,5-6,9H2,1H3,(H,32,35)/t12-,14-,21+/m0/s1. The van der Waals surface area contributed by atoms with Crippen LogP contribution < -0.4 is 5.32 Å². The van der Waals surface area contributed by atoms with Crippen molar-refractivity contribution >= 4 is 11.7 Å². The average molecular weight is 493 g/mol. The molecule has 3 aliphatic rings. The summed E-state index contributed by atoms with van der Waals surface area (Å²) in [6, 6.07) is 0.413. The van der Waals surface area contributed by atoms with Crippen LogP contribution in [0.5, 0.6) is 0 Å². The molecule has 4 heterocycles. The number of amides is 2. The number of halogens is 5. The highest BCUT2D eigenvalue weighted by Gasteiger charge is 2.58. The Kier molecular flexibility index (Phi) is 5.44. The molecule has 3 fully saturated rings. The molecule has 2 bridgehead atoms. The maximum Gasteiger partial charge on any atom is 0.417 e. The van der Waals surface area contributed by atoms with E-state index in [2.05, 4.69) is 32.4 Å². The minimum absolute atomic E-state index is 0.0763. The fourth-order valence-electron chi connectivity index (χ4n) is 5.42. The summed E-state index contributed by atoms with van der Waals surface area (Å²) >= 11 is 0. The number of hydrogen-bond acceptors (Lipinski definition) is 5. The molecule has 0 radical (unpaired) electrons. The third kappa shape index (κ3) is 4.19. The van der Waals surface area contributed by atoms with Gasteiger partial charge in [-0.05, 0) is 37.3 Å². The number of carbonyl (C=O) groups excluding carboxylic acids is 1. The molecular weight excluding hydrogens is 473 g/mol. The fourth-order valence-corrected chi connectivity index (χ4v) is 5.42. The first-order chi connectivity index (χ1) is 16.6. The molecule has 1 aromatic carbocycles. The molecule has 2 aliphatic heterocycles. The Morgan fingerprint density at radius 3 is 2.49 bits per heavy atom. The van der Waals surface area contributed by atoms with Gasteiger partial charge in [-0.25, -0.2) is 23.5 Å². The van der Waals surface area contributed by atoms with E-state index < -0.39 is 52.0 Å². The van der Waals surface area contributed by atoms with E-state index in [1.54, 1.807) is 22.1 Å². The van der Waals surface area contributed by atoms with Crippen molar-refractivity contribution in [2.75, 3.05) is 5.32 Å². The van der Waals surface area contributed by atoms with E-state index in [0.717, 1.165) is 18.9 Å². The molecule has 8 nitrogen and oxygen atoms in total. The van der Waals surface area contributed by atoms with Gasteiger partial charge in [-0.15, -0.1) is 10.2 Å². The summed E-state index contributed by atoms with van der Waals surface area (Å²) in [6.45, 7) is 2.53. The number of anilines is 1. The Morgan fingerprint density at radius 2 is 1.83 bits per heavy atom. The largest absolute Gasteiger partial charge is 0.417 e. The summed E-state index contributed by atoms with van der Waals surface area (Å²) in [4.78, 5) is 22.1. The number of urea groups is 1. The number of carbonyl (C=O) groups is 1. The third-order valence-corrected chi connectivity index (χ3v) is 6.57. The van der Waals surface area contributed by atoms with Crippen molar-refractivity contribution in [2.24, 2.45) is 5.92 Å². The zero-order chi connectivity index (χ0) is 25.0. The van der Waals surface area contributed by atoms with Crippen LogP contribution in [0.25, 0.3) is 11.4 Å². The Labute approximate surface area is 196 Å². The summed E-state index contributed by atoms with van der Waals surface area (Å²) in [5, 5.41) is 10.0. The molecule has 0 spiro atoms. The molecule has 0 unspecified atom stereocenters. The van der Waals surface area contributed by atoms with Crippen LogP contribution in [0.15, 0.2) is 37.2 Å². The number of alkyl halides is 3. The van der Waals surface area contributed by atoms with Crippen LogP contribution in [0.3, 0.4) is 0 Å². The minimum Gasteiger partial charge on any atom is -0.318 e. The first kappa shape index (κ1) is 23.1. The molecule has 6 rings (SSSR count). The Bertz CT molecular complexity index is 1250. The van der Waals surface area contributed by atoms with Gasteiger partial charge in [0.2, 0.25) is 0 Å². The van der Waals surface area contributed by atoms with Crippen molar-refractivity contribution in [1.82, 2.24) is 29.6 Å². The summed E-state index contributed by atoms with van der Waals surface area (Å²) in [7, 11) is 0. The van der Waals surface area contributed by atoms with Gasteiger partial charge in [-0.1, -0.05) is 6.92 Å². The number of piperidine rings is 1. The lowest BCUT2D eigenvalue weighted by Crippen LogP contribution is -2.73. The summed E-state index contributed by atoms with van der Waals surface area (Å²) in [6.07, 6.45) is 1.80. The van der Waals surface area contributed by atoms with Crippen molar-refractivity contribution < 1.29 is 26.7 Å². The van der Waals surface area contributed by atoms with Crippen molar-refractivity contribution in [1.29, 1.82) is 0 Å². The lowest BCUT2D eigenvalue weighted by molar-refractivity contribution is -0.137. The maximum absolute atomic E-state index is 14.8. The summed E-state index contributed by atoms with van der Waals surface area (Å²) in [5.74, 6) is -2.19. The quantitative estimate of drug-likeness (QED) is 0.541. The second kappa shape index (κ2) is 8.24. The van der Waals surface area contributed by atoms with Gasteiger partial charge in [0.1, 0.15) is 18.5 Å². The van der Waals surface area contributed by atoms with Crippen LogP contribution in [-0.2, 0) is 12.7 Å². The number of nitrogens with one attached hydrogen (secondary N) is 1. The molecular formula is C22H20F5N7O. The molecule has 2 amide bonds. The lowest BCUT2D eigenvalue weighted by atomic mass is 9.64. The van der Waals surface area contributed by atoms with Gasteiger partial charge < -0.3 is 14.8 Å². The smallest absolute Gasteiger partial charge is 0.318 e. The fraction of sp³-hybridized carbons (Fsp3) is 0.409. The van der Waals surface area contributed by atoms with Crippen molar-refractivity contribution in [2.45, 2.75) is 50.5 Å². The van der Waals surface area contributed by atoms with E-state index in [9.17, 15) is 26.7 Å². The first-order valence-corrected chi connectivity index (χ1v) is 10.9. The maximum atomic E-state index is 14.8. The average Bonchev–Trinajstić information content (AvgIpc) is 3.27. The van der Waals surface area contributed by atoms with Crippen molar-refractivity contribution in [3.63, 3.8) is 0 Å². The highest BCUT2D eigenvalue weighted by atomic mass is 19.4. The highest BCUT2D eigenvalue weighted by Crippen LogP contribution is 2.51. The number of benzene rings is 1. The van der Waals surface area contributed by atoms with Gasteiger partial charge in [-0.3, -0.25) is 0 Å². The molecule has 2 saturated heterocycles. The SMILES string of the molecule is C[C@H]1C[C@H]2C[C@@](Cn3cnnc3)(C1)N2C(=O)Nc1cc(-c2ncc(F)cn2)c(C(F)(F)F)cc1F. The molecule has 13 heteroatoms. The van der Waals surface area contributed by atoms with Gasteiger partial charge in [-0.2, -0.15) is 13.2 Å². The topological polar surface area (TPSA) is 88.8 Å². The van der Waals surface area contributed by atoms with Gasteiger partial charge in [0.05, 0.1) is 29.2 Å². The number of fused-ring (bicyclic) bond motifs is 2.